The van der Waals surface area contributed by atoms with Crippen molar-refractivity contribution in [3.8, 4) is 0 Å². The Kier molecular flexibility index (Phi) is 20.3. The Bertz CT molecular complexity index is 612. The van der Waals surface area contributed by atoms with Gasteiger partial charge in [0, 0.05) is 12.2 Å². The van der Waals surface area contributed by atoms with Gasteiger partial charge in [0.1, 0.15) is 0 Å². The normalized spacial score (nSPS) is 9.23. The zero-order valence-electron chi connectivity index (χ0n) is 19.6. The summed E-state index contributed by atoms with van der Waals surface area (Å²) in [6, 6.07) is 6.59. The maximum absolute atomic E-state index is 11.9. The molecule has 0 saturated carbocycles. The maximum atomic E-state index is 11.9. The first kappa shape index (κ1) is 30.5. The molecule has 0 fully saturated rings. The Hall–Kier alpha value is -2.67. The number of esters is 3. The Morgan fingerprint density at radius 2 is 1.23 bits per heavy atom. The monoisotopic (exact) mass is 438 g/mol. The predicted octanol–water partition coefficient (Wildman–Crippen LogP) is 4.72. The molecule has 0 unspecified atom stereocenters. The molecular weight excluding hydrogens is 400 g/mol. The quantitative estimate of drug-likeness (QED) is 0.244. The Labute approximate surface area is 186 Å². The van der Waals surface area contributed by atoms with E-state index in [4.69, 9.17) is 14.6 Å². The van der Waals surface area contributed by atoms with Gasteiger partial charge >= 0.3 is 17.9 Å². The van der Waals surface area contributed by atoms with Gasteiger partial charge in [-0.05, 0) is 45.7 Å². The molecule has 0 aliphatic carbocycles. The molecule has 0 heterocycles. The van der Waals surface area contributed by atoms with Crippen LogP contribution in [0, 0.1) is 0 Å². The Balaban J connectivity index is 0. The Morgan fingerprint density at radius 3 is 1.48 bits per heavy atom. The van der Waals surface area contributed by atoms with Crippen LogP contribution < -0.4 is 0 Å². The van der Waals surface area contributed by atoms with Gasteiger partial charge in [0.05, 0.1) is 30.9 Å². The average Bonchev–Trinajstić information content (AvgIpc) is 2.75. The molecule has 31 heavy (non-hydrogen) atoms. The molecule has 7 heteroatoms. The van der Waals surface area contributed by atoms with Gasteiger partial charge in [-0.1, -0.05) is 45.4 Å². The minimum absolute atomic E-state index is 0.250. The first-order valence-corrected chi connectivity index (χ1v) is 10.7. The van der Waals surface area contributed by atoms with Crippen LogP contribution in [0.25, 0.3) is 0 Å². The molecule has 0 bridgehead atoms. The average molecular weight is 439 g/mol. The van der Waals surface area contributed by atoms with E-state index in [1.807, 2.05) is 13.8 Å². The highest BCUT2D eigenvalue weighted by atomic mass is 16.5. The number of carbonyl (C=O) groups excluding carboxylic acids is 3. The highest BCUT2D eigenvalue weighted by Crippen LogP contribution is 2.12. The van der Waals surface area contributed by atoms with Crippen LogP contribution in [0.2, 0.25) is 0 Å². The number of hydrogen-bond acceptors (Lipinski definition) is 7. The largest absolute Gasteiger partial charge is 0.463 e. The molecule has 7 nitrogen and oxygen atoms in total. The number of rotatable bonds is 10. The molecule has 0 aliphatic rings. The van der Waals surface area contributed by atoms with Crippen molar-refractivity contribution in [3.05, 3.63) is 47.5 Å². The lowest BCUT2D eigenvalue weighted by Crippen LogP contribution is -2.14. The van der Waals surface area contributed by atoms with Crippen molar-refractivity contribution >= 4 is 17.9 Å². The Morgan fingerprint density at radius 1 is 0.839 bits per heavy atom. The van der Waals surface area contributed by atoms with E-state index >= 15 is 0 Å². The van der Waals surface area contributed by atoms with Gasteiger partial charge in [-0.25, -0.2) is 14.4 Å². The molecule has 0 amide bonds. The minimum atomic E-state index is -0.471. The van der Waals surface area contributed by atoms with E-state index in [0.717, 1.165) is 25.7 Å². The van der Waals surface area contributed by atoms with E-state index in [9.17, 15) is 14.4 Å². The molecule has 0 aromatic heterocycles. The molecule has 176 valence electrons. The number of carbonyl (C=O) groups is 3. The summed E-state index contributed by atoms with van der Waals surface area (Å²) in [6.45, 7) is 13.9. The van der Waals surface area contributed by atoms with Gasteiger partial charge in [-0.2, -0.15) is 0 Å². The summed E-state index contributed by atoms with van der Waals surface area (Å²) in [7, 11) is 0. The summed E-state index contributed by atoms with van der Waals surface area (Å²) in [5.41, 5.74) is 0.988. The smallest absolute Gasteiger partial charge is 0.339 e. The SMILES string of the molecule is C=C(C)C(=O)OCC.CCCCOC(=O)c1ccccc1C(=O)OCCCC.CCO. The highest BCUT2D eigenvalue weighted by molar-refractivity contribution is 6.03. The lowest BCUT2D eigenvalue weighted by atomic mass is 10.1. The predicted molar refractivity (Wildman–Crippen MR) is 121 cm³/mol. The fourth-order valence-corrected chi connectivity index (χ4v) is 1.87. The van der Waals surface area contributed by atoms with Crippen LogP contribution in [0.5, 0.6) is 0 Å². The third-order valence-electron chi connectivity index (χ3n) is 3.45. The van der Waals surface area contributed by atoms with Gasteiger partial charge < -0.3 is 19.3 Å². The summed E-state index contributed by atoms with van der Waals surface area (Å²) in [4.78, 5) is 34.3. The molecule has 0 atom stereocenters. The second-order valence-corrected chi connectivity index (χ2v) is 6.34. The number of unbranched alkanes of at least 4 members (excludes halogenated alkanes) is 2. The molecule has 1 N–H and O–H groups in total. The molecule has 0 spiro atoms. The van der Waals surface area contributed by atoms with Crippen molar-refractivity contribution in [2.45, 2.75) is 60.3 Å². The van der Waals surface area contributed by atoms with Crippen LogP contribution in [0.15, 0.2) is 36.4 Å². The van der Waals surface area contributed by atoms with Crippen molar-refractivity contribution in [1.82, 2.24) is 0 Å². The molecule has 0 aliphatic heterocycles. The molecular formula is C24H38O7. The lowest BCUT2D eigenvalue weighted by molar-refractivity contribution is -0.138. The number of benzene rings is 1. The van der Waals surface area contributed by atoms with Crippen molar-refractivity contribution in [2.75, 3.05) is 26.4 Å². The van der Waals surface area contributed by atoms with Crippen LogP contribution in [-0.2, 0) is 19.0 Å². The lowest BCUT2D eigenvalue weighted by Gasteiger charge is -2.09. The fraction of sp³-hybridized carbons (Fsp3) is 0.542. The number of hydrogen-bond donors (Lipinski definition) is 1. The van der Waals surface area contributed by atoms with Crippen molar-refractivity contribution in [1.29, 1.82) is 0 Å². The third kappa shape index (κ3) is 15.8. The second-order valence-electron chi connectivity index (χ2n) is 6.34. The molecule has 1 aromatic carbocycles. The molecule has 1 rings (SSSR count). The minimum Gasteiger partial charge on any atom is -0.463 e. The number of aliphatic hydroxyl groups excluding tert-OH is 1. The van der Waals surface area contributed by atoms with Crippen molar-refractivity contribution < 1.29 is 33.7 Å². The number of ether oxygens (including phenoxy) is 3. The van der Waals surface area contributed by atoms with E-state index in [-0.39, 0.29) is 23.7 Å². The standard InChI is InChI=1S/C16H22O4.C6H10O2.C2H6O/c1-3-5-11-19-15(17)13-9-7-8-10-14(13)16(18)20-12-6-4-2;1-4-8-6(7)5(2)3;1-2-3/h7-10H,3-6,11-12H2,1-2H3;2,4H2,1,3H3;3H,2H2,1H3. The van der Waals surface area contributed by atoms with Crippen LogP contribution >= 0.6 is 0 Å². The van der Waals surface area contributed by atoms with Crippen molar-refractivity contribution in [3.63, 3.8) is 0 Å². The van der Waals surface area contributed by atoms with Gasteiger partial charge in [0.2, 0.25) is 0 Å². The summed E-state index contributed by atoms with van der Waals surface area (Å²) in [5.74, 6) is -1.25. The van der Waals surface area contributed by atoms with Crippen LogP contribution in [-0.4, -0.2) is 49.4 Å². The molecule has 1 aromatic rings. The van der Waals surface area contributed by atoms with E-state index in [2.05, 4.69) is 11.3 Å². The van der Waals surface area contributed by atoms with Crippen LogP contribution in [0.1, 0.15) is 81.0 Å². The third-order valence-corrected chi connectivity index (χ3v) is 3.45. The fourth-order valence-electron chi connectivity index (χ4n) is 1.87. The van der Waals surface area contributed by atoms with Gasteiger partial charge in [-0.3, -0.25) is 0 Å². The second kappa shape index (κ2) is 20.6. The van der Waals surface area contributed by atoms with E-state index < -0.39 is 11.9 Å². The summed E-state index contributed by atoms with van der Waals surface area (Å²) >= 11 is 0. The zero-order valence-corrected chi connectivity index (χ0v) is 19.6. The maximum Gasteiger partial charge on any atom is 0.339 e. The number of aliphatic hydroxyl groups is 1. The van der Waals surface area contributed by atoms with E-state index in [0.29, 0.717) is 25.4 Å². The van der Waals surface area contributed by atoms with E-state index in [1.165, 1.54) is 0 Å². The summed E-state index contributed by atoms with van der Waals surface area (Å²) in [6.07, 6.45) is 3.53. The van der Waals surface area contributed by atoms with E-state index in [1.54, 1.807) is 45.0 Å². The van der Waals surface area contributed by atoms with Crippen molar-refractivity contribution in [2.24, 2.45) is 0 Å². The van der Waals surface area contributed by atoms with Gasteiger partial charge in [0.25, 0.3) is 0 Å². The van der Waals surface area contributed by atoms with Gasteiger partial charge in [-0.15, -0.1) is 0 Å². The molecule has 0 saturated heterocycles. The zero-order chi connectivity index (χ0) is 24.1. The van der Waals surface area contributed by atoms with Gasteiger partial charge in [0.15, 0.2) is 0 Å². The highest BCUT2D eigenvalue weighted by Gasteiger charge is 2.18. The molecule has 0 radical (unpaired) electrons. The summed E-state index contributed by atoms with van der Waals surface area (Å²) in [5, 5.41) is 7.57. The first-order valence-electron chi connectivity index (χ1n) is 10.7. The van der Waals surface area contributed by atoms with Crippen LogP contribution in [0.4, 0.5) is 0 Å². The topological polar surface area (TPSA) is 99.1 Å². The summed E-state index contributed by atoms with van der Waals surface area (Å²) < 4.78 is 14.8. The van der Waals surface area contributed by atoms with Crippen LogP contribution in [0.3, 0.4) is 0 Å². The first-order chi connectivity index (χ1) is 14.8.